The van der Waals surface area contributed by atoms with Crippen molar-refractivity contribution < 1.29 is 4.74 Å². The minimum absolute atomic E-state index is 0.517. The topological polar surface area (TPSA) is 76.8 Å². The fraction of sp³-hybridized carbons (Fsp3) is 0.143. The summed E-state index contributed by atoms with van der Waals surface area (Å²) in [4.78, 5) is 11.9. The van der Waals surface area contributed by atoms with E-state index in [4.69, 9.17) is 10.5 Å². The van der Waals surface area contributed by atoms with E-state index in [-0.39, 0.29) is 0 Å². The number of ether oxygens (including phenoxy) is 1. The van der Waals surface area contributed by atoms with Crippen LogP contribution >= 0.6 is 0 Å². The smallest absolute Gasteiger partial charge is 0.148 e. The van der Waals surface area contributed by atoms with Gasteiger partial charge in [0.2, 0.25) is 0 Å². The molecule has 0 saturated carbocycles. The molecule has 19 heavy (non-hydrogen) atoms. The maximum atomic E-state index is 5.64. The summed E-state index contributed by atoms with van der Waals surface area (Å²) in [6.07, 6.45) is 3.39. The number of benzene rings is 1. The van der Waals surface area contributed by atoms with E-state index in [1.165, 1.54) is 0 Å². The van der Waals surface area contributed by atoms with Gasteiger partial charge in [0, 0.05) is 12.7 Å². The quantitative estimate of drug-likeness (QED) is 0.750. The highest BCUT2D eigenvalue weighted by molar-refractivity contribution is 5.81. The Bertz CT molecular complexity index is 720. The minimum atomic E-state index is 0.517. The molecule has 0 aliphatic rings. The molecule has 0 amide bonds. The van der Waals surface area contributed by atoms with E-state index in [1.807, 2.05) is 24.3 Å². The van der Waals surface area contributed by atoms with Crippen molar-refractivity contribution >= 4 is 11.0 Å². The van der Waals surface area contributed by atoms with Gasteiger partial charge in [-0.3, -0.25) is 4.98 Å². The third-order valence-electron chi connectivity index (χ3n) is 3.04. The summed E-state index contributed by atoms with van der Waals surface area (Å²) in [6.45, 7) is 0.517. The van der Waals surface area contributed by atoms with Gasteiger partial charge in [0.25, 0.3) is 0 Å². The lowest BCUT2D eigenvalue weighted by Gasteiger charge is -2.03. The largest absolute Gasteiger partial charge is 0.494 e. The van der Waals surface area contributed by atoms with Gasteiger partial charge in [0.15, 0.2) is 0 Å². The average molecular weight is 254 g/mol. The van der Waals surface area contributed by atoms with Crippen molar-refractivity contribution in [1.29, 1.82) is 0 Å². The van der Waals surface area contributed by atoms with Crippen LogP contribution < -0.4 is 10.5 Å². The summed E-state index contributed by atoms with van der Waals surface area (Å²) >= 11 is 0. The van der Waals surface area contributed by atoms with Crippen LogP contribution in [-0.2, 0) is 6.54 Å². The number of nitrogens with two attached hydrogens (primary N) is 1. The minimum Gasteiger partial charge on any atom is -0.494 e. The Morgan fingerprint density at radius 3 is 3.00 bits per heavy atom. The summed E-state index contributed by atoms with van der Waals surface area (Å²) < 4.78 is 5.30. The Hall–Kier alpha value is -2.40. The normalized spacial score (nSPS) is 10.8. The molecule has 0 fully saturated rings. The number of aromatic amines is 1. The highest BCUT2D eigenvalue weighted by Crippen LogP contribution is 2.28. The molecule has 0 atom stereocenters. The zero-order chi connectivity index (χ0) is 13.2. The molecule has 0 bridgehead atoms. The predicted octanol–water partition coefficient (Wildman–Crippen LogP) is 2.09. The third-order valence-corrected chi connectivity index (χ3v) is 3.04. The number of fused-ring (bicyclic) bond motifs is 1. The van der Waals surface area contributed by atoms with Crippen molar-refractivity contribution in [1.82, 2.24) is 15.0 Å². The average Bonchev–Trinajstić information content (AvgIpc) is 2.89. The van der Waals surface area contributed by atoms with E-state index in [2.05, 4.69) is 15.0 Å². The van der Waals surface area contributed by atoms with E-state index < -0.39 is 0 Å². The summed E-state index contributed by atoms with van der Waals surface area (Å²) in [5.41, 5.74) is 9.48. The second-order valence-corrected chi connectivity index (χ2v) is 4.22. The number of pyridine rings is 1. The molecular weight excluding hydrogens is 240 g/mol. The molecule has 0 spiro atoms. The number of hydrogen-bond donors (Lipinski definition) is 2. The van der Waals surface area contributed by atoms with Gasteiger partial charge in [-0.2, -0.15) is 0 Å². The fourth-order valence-corrected chi connectivity index (χ4v) is 2.05. The molecule has 3 N–H and O–H groups in total. The van der Waals surface area contributed by atoms with Crippen molar-refractivity contribution in [3.8, 4) is 17.1 Å². The summed E-state index contributed by atoms with van der Waals surface area (Å²) in [5, 5.41) is 0. The molecule has 0 unspecified atom stereocenters. The summed E-state index contributed by atoms with van der Waals surface area (Å²) in [6, 6.07) is 7.84. The van der Waals surface area contributed by atoms with Crippen LogP contribution in [0.3, 0.4) is 0 Å². The van der Waals surface area contributed by atoms with Crippen molar-refractivity contribution in [2.75, 3.05) is 7.11 Å². The van der Waals surface area contributed by atoms with Crippen molar-refractivity contribution in [3.63, 3.8) is 0 Å². The van der Waals surface area contributed by atoms with Gasteiger partial charge in [-0.05, 0) is 23.8 Å². The first-order valence-electron chi connectivity index (χ1n) is 5.99. The number of hydrogen-bond acceptors (Lipinski definition) is 4. The number of nitrogens with zero attached hydrogens (tertiary/aromatic N) is 2. The number of rotatable bonds is 3. The number of H-pyrrole nitrogens is 1. The second kappa shape index (κ2) is 4.70. The van der Waals surface area contributed by atoms with Crippen LogP contribution in [0.2, 0.25) is 0 Å². The van der Waals surface area contributed by atoms with Gasteiger partial charge >= 0.3 is 0 Å². The molecule has 0 saturated heterocycles. The van der Waals surface area contributed by atoms with E-state index in [1.54, 1.807) is 19.5 Å². The van der Waals surface area contributed by atoms with Crippen molar-refractivity contribution in [2.24, 2.45) is 5.73 Å². The molecule has 2 aromatic heterocycles. The lowest BCUT2D eigenvalue weighted by atomic mass is 10.2. The number of methoxy groups -OCH3 is 1. The Morgan fingerprint density at radius 2 is 2.21 bits per heavy atom. The maximum absolute atomic E-state index is 5.64. The zero-order valence-electron chi connectivity index (χ0n) is 10.6. The molecule has 0 aliphatic heterocycles. The Balaban J connectivity index is 2.15. The van der Waals surface area contributed by atoms with E-state index >= 15 is 0 Å². The Kier molecular flexibility index (Phi) is 2.89. The van der Waals surface area contributed by atoms with Crippen LogP contribution in [0.25, 0.3) is 22.4 Å². The van der Waals surface area contributed by atoms with Crippen LogP contribution in [0, 0.1) is 0 Å². The monoisotopic (exact) mass is 254 g/mol. The Labute approximate surface area is 110 Å². The van der Waals surface area contributed by atoms with Gasteiger partial charge in [-0.1, -0.05) is 6.07 Å². The van der Waals surface area contributed by atoms with Gasteiger partial charge < -0.3 is 15.5 Å². The first-order chi connectivity index (χ1) is 9.31. The second-order valence-electron chi connectivity index (χ2n) is 4.22. The molecule has 3 aromatic rings. The first-order valence-corrected chi connectivity index (χ1v) is 5.99. The maximum Gasteiger partial charge on any atom is 0.148 e. The first kappa shape index (κ1) is 11.7. The highest BCUT2D eigenvalue weighted by atomic mass is 16.5. The highest BCUT2D eigenvalue weighted by Gasteiger charge is 2.10. The zero-order valence-corrected chi connectivity index (χ0v) is 10.6. The van der Waals surface area contributed by atoms with Gasteiger partial charge in [-0.15, -0.1) is 0 Å². The van der Waals surface area contributed by atoms with Gasteiger partial charge in [0.1, 0.15) is 11.6 Å². The van der Waals surface area contributed by atoms with E-state index in [0.29, 0.717) is 12.3 Å². The molecule has 96 valence electrons. The number of imidazole rings is 1. The number of aromatic nitrogens is 3. The molecular formula is C14H14N4O. The molecule has 5 heteroatoms. The van der Waals surface area contributed by atoms with E-state index in [0.717, 1.165) is 28.0 Å². The molecule has 1 aromatic carbocycles. The molecule has 3 rings (SSSR count). The standard InChI is InChI=1S/C14H14N4O/c1-19-13-8-16-5-4-10(13)14-17-11-3-2-9(7-15)6-12(11)18-14/h2-6,8H,7,15H2,1H3,(H,17,18). The Morgan fingerprint density at radius 1 is 1.32 bits per heavy atom. The van der Waals surface area contributed by atoms with Crippen LogP contribution in [-0.4, -0.2) is 22.1 Å². The molecule has 0 radical (unpaired) electrons. The van der Waals surface area contributed by atoms with Crippen molar-refractivity contribution in [2.45, 2.75) is 6.54 Å². The van der Waals surface area contributed by atoms with Gasteiger partial charge in [0.05, 0.1) is 29.9 Å². The van der Waals surface area contributed by atoms with E-state index in [9.17, 15) is 0 Å². The lowest BCUT2D eigenvalue weighted by molar-refractivity contribution is 0.414. The van der Waals surface area contributed by atoms with Crippen LogP contribution in [0.5, 0.6) is 5.75 Å². The van der Waals surface area contributed by atoms with Crippen molar-refractivity contribution in [3.05, 3.63) is 42.2 Å². The van der Waals surface area contributed by atoms with Crippen LogP contribution in [0.1, 0.15) is 5.56 Å². The van der Waals surface area contributed by atoms with Crippen LogP contribution in [0.15, 0.2) is 36.7 Å². The fourth-order valence-electron chi connectivity index (χ4n) is 2.05. The van der Waals surface area contributed by atoms with Gasteiger partial charge in [-0.25, -0.2) is 4.98 Å². The summed E-state index contributed by atoms with van der Waals surface area (Å²) in [7, 11) is 1.62. The lowest BCUT2D eigenvalue weighted by Crippen LogP contribution is -1.95. The SMILES string of the molecule is COc1cnccc1-c1nc2ccc(CN)cc2[nH]1. The molecule has 2 heterocycles. The molecule has 5 nitrogen and oxygen atoms in total. The summed E-state index contributed by atoms with van der Waals surface area (Å²) in [5.74, 6) is 1.46. The third kappa shape index (κ3) is 2.04. The number of nitrogens with one attached hydrogen (secondary N) is 1. The van der Waals surface area contributed by atoms with Crippen LogP contribution in [0.4, 0.5) is 0 Å². The molecule has 0 aliphatic carbocycles. The predicted molar refractivity (Wildman–Crippen MR) is 73.8 cm³/mol.